The first kappa shape index (κ1) is 15.9. The lowest BCUT2D eigenvalue weighted by atomic mass is 10.4. The van der Waals surface area contributed by atoms with Crippen LogP contribution in [0.4, 0.5) is 5.13 Å². The average molecular weight is 307 g/mol. The monoisotopic (exact) mass is 307 g/mol. The fraction of sp³-hybridized carbons (Fsp3) is 0.600. The second kappa shape index (κ2) is 6.31. The lowest BCUT2D eigenvalue weighted by molar-refractivity contribution is 0.0605. The Morgan fingerprint density at radius 1 is 1.47 bits per heavy atom. The lowest BCUT2D eigenvalue weighted by Gasteiger charge is -2.10. The summed E-state index contributed by atoms with van der Waals surface area (Å²) < 4.78 is 28.9. The van der Waals surface area contributed by atoms with E-state index in [1.165, 1.54) is 25.5 Å². The fourth-order valence-corrected chi connectivity index (χ4v) is 2.86. The number of ether oxygens (including phenoxy) is 1. The molecule has 0 spiro atoms. The molecule has 0 atom stereocenters. The molecule has 108 valence electrons. The van der Waals surface area contributed by atoms with E-state index in [0.29, 0.717) is 15.7 Å². The zero-order chi connectivity index (χ0) is 14.6. The minimum Gasteiger partial charge on any atom is -0.465 e. The molecule has 19 heavy (non-hydrogen) atoms. The van der Waals surface area contributed by atoms with E-state index >= 15 is 0 Å². The van der Waals surface area contributed by atoms with Crippen LogP contribution in [0.2, 0.25) is 0 Å². The van der Waals surface area contributed by atoms with Crippen molar-refractivity contribution in [3.8, 4) is 0 Å². The molecule has 9 heteroatoms. The van der Waals surface area contributed by atoms with Crippen LogP contribution in [-0.2, 0) is 14.8 Å². The van der Waals surface area contributed by atoms with Gasteiger partial charge in [0.15, 0.2) is 5.13 Å². The van der Waals surface area contributed by atoms with Crippen molar-refractivity contribution in [1.29, 1.82) is 0 Å². The highest BCUT2D eigenvalue weighted by atomic mass is 32.2. The number of hydrogen-bond donors (Lipinski definition) is 1. The minimum absolute atomic E-state index is 0.0355. The molecule has 0 saturated heterocycles. The molecule has 0 bridgehead atoms. The van der Waals surface area contributed by atoms with Crippen LogP contribution >= 0.6 is 11.3 Å². The molecule has 0 unspecified atom stereocenters. The van der Waals surface area contributed by atoms with Crippen LogP contribution in [-0.4, -0.2) is 57.2 Å². The van der Waals surface area contributed by atoms with Crippen LogP contribution in [0.5, 0.6) is 0 Å². The Morgan fingerprint density at radius 2 is 2.11 bits per heavy atom. The molecule has 0 amide bonds. The highest BCUT2D eigenvalue weighted by Gasteiger charge is 2.17. The van der Waals surface area contributed by atoms with Gasteiger partial charge in [0, 0.05) is 20.6 Å². The number of sulfonamides is 1. The van der Waals surface area contributed by atoms with Crippen molar-refractivity contribution in [2.45, 2.75) is 6.92 Å². The number of carbonyl (C=O) groups excluding carboxylic acids is 1. The van der Waals surface area contributed by atoms with Crippen molar-refractivity contribution in [3.05, 3.63) is 10.6 Å². The zero-order valence-corrected chi connectivity index (χ0v) is 12.9. The van der Waals surface area contributed by atoms with E-state index in [1.54, 1.807) is 6.92 Å². The molecule has 1 aromatic heterocycles. The number of thiazole rings is 1. The molecule has 0 saturated carbocycles. The van der Waals surface area contributed by atoms with Gasteiger partial charge in [-0.15, -0.1) is 0 Å². The number of nitrogens with zero attached hydrogens (tertiary/aromatic N) is 2. The van der Waals surface area contributed by atoms with Crippen LogP contribution in [0.15, 0.2) is 0 Å². The maximum Gasteiger partial charge on any atom is 0.350 e. The van der Waals surface area contributed by atoms with Gasteiger partial charge in [0.1, 0.15) is 4.88 Å². The first-order valence-corrected chi connectivity index (χ1v) is 7.90. The summed E-state index contributed by atoms with van der Waals surface area (Å²) in [4.78, 5) is 15.9. The van der Waals surface area contributed by atoms with Crippen molar-refractivity contribution in [1.82, 2.24) is 9.29 Å². The standard InChI is InChI=1S/C10H17N3O4S2/c1-7-8(9(14)17-4)18-10(12-7)11-5-6-19(15,16)13(2)3/h5-6H2,1-4H3,(H,11,12). The van der Waals surface area contributed by atoms with E-state index in [4.69, 9.17) is 0 Å². The SMILES string of the molecule is COC(=O)c1sc(NCCS(=O)(=O)N(C)C)nc1C. The first-order chi connectivity index (χ1) is 8.77. The van der Waals surface area contributed by atoms with Gasteiger partial charge >= 0.3 is 5.97 Å². The van der Waals surface area contributed by atoms with Gasteiger partial charge in [-0.2, -0.15) is 0 Å². The van der Waals surface area contributed by atoms with Gasteiger partial charge in [0.25, 0.3) is 0 Å². The number of esters is 1. The number of aryl methyl sites for hydroxylation is 1. The predicted molar refractivity (Wildman–Crippen MR) is 74.2 cm³/mol. The lowest BCUT2D eigenvalue weighted by Crippen LogP contribution is -2.28. The molecule has 1 N–H and O–H groups in total. The van der Waals surface area contributed by atoms with Crippen molar-refractivity contribution in [2.24, 2.45) is 0 Å². The molecular weight excluding hydrogens is 290 g/mol. The van der Waals surface area contributed by atoms with E-state index in [-0.39, 0.29) is 12.3 Å². The Kier molecular flexibility index (Phi) is 5.27. The van der Waals surface area contributed by atoms with E-state index in [2.05, 4.69) is 15.0 Å². The van der Waals surface area contributed by atoms with Gasteiger partial charge in [0.05, 0.1) is 18.6 Å². The summed E-state index contributed by atoms with van der Waals surface area (Å²) in [5, 5.41) is 3.40. The Bertz CT molecular complexity index is 551. The summed E-state index contributed by atoms with van der Waals surface area (Å²) in [6, 6.07) is 0. The van der Waals surface area contributed by atoms with Gasteiger partial charge < -0.3 is 10.1 Å². The summed E-state index contributed by atoms with van der Waals surface area (Å²) in [6.07, 6.45) is 0. The van der Waals surface area contributed by atoms with Crippen LogP contribution in [0.1, 0.15) is 15.4 Å². The third-order valence-electron chi connectivity index (χ3n) is 2.36. The summed E-state index contributed by atoms with van der Waals surface area (Å²) in [7, 11) is 1.04. The van der Waals surface area contributed by atoms with Gasteiger partial charge in [0.2, 0.25) is 10.0 Å². The second-order valence-corrected chi connectivity index (χ2v) is 7.25. The van der Waals surface area contributed by atoms with E-state index < -0.39 is 16.0 Å². The van der Waals surface area contributed by atoms with E-state index in [1.807, 2.05) is 0 Å². The molecular formula is C10H17N3O4S2. The minimum atomic E-state index is -3.24. The number of aromatic nitrogens is 1. The molecule has 0 radical (unpaired) electrons. The summed E-state index contributed by atoms with van der Waals surface area (Å²) >= 11 is 1.15. The number of anilines is 1. The molecule has 0 aliphatic carbocycles. The predicted octanol–water partition coefficient (Wildman–Crippen LogP) is 0.541. The van der Waals surface area contributed by atoms with E-state index in [0.717, 1.165) is 11.3 Å². The quantitative estimate of drug-likeness (QED) is 0.772. The fourth-order valence-electron chi connectivity index (χ4n) is 1.22. The number of carbonyl (C=O) groups is 1. The molecule has 0 fully saturated rings. The summed E-state index contributed by atoms with van der Waals surface area (Å²) in [6.45, 7) is 1.93. The number of rotatable bonds is 6. The van der Waals surface area contributed by atoms with Crippen LogP contribution in [0.25, 0.3) is 0 Å². The van der Waals surface area contributed by atoms with Crippen molar-refractivity contribution < 1.29 is 17.9 Å². The average Bonchev–Trinajstić information content (AvgIpc) is 2.69. The van der Waals surface area contributed by atoms with Gasteiger partial charge in [-0.05, 0) is 6.92 Å². The number of hydrogen-bond acceptors (Lipinski definition) is 7. The summed E-state index contributed by atoms with van der Waals surface area (Å²) in [5.74, 6) is -0.476. The Labute approximate surface area is 116 Å². The highest BCUT2D eigenvalue weighted by Crippen LogP contribution is 2.22. The van der Waals surface area contributed by atoms with Gasteiger partial charge in [-0.3, -0.25) is 0 Å². The molecule has 7 nitrogen and oxygen atoms in total. The van der Waals surface area contributed by atoms with Gasteiger partial charge in [-0.25, -0.2) is 22.5 Å². The maximum atomic E-state index is 11.5. The molecule has 1 aromatic rings. The number of nitrogens with one attached hydrogen (secondary N) is 1. The Hall–Kier alpha value is -1.19. The normalized spacial score (nSPS) is 11.6. The topological polar surface area (TPSA) is 88.6 Å². The number of methoxy groups -OCH3 is 1. The third-order valence-corrected chi connectivity index (χ3v) is 5.29. The maximum absolute atomic E-state index is 11.5. The second-order valence-electron chi connectivity index (χ2n) is 3.95. The first-order valence-electron chi connectivity index (χ1n) is 5.47. The van der Waals surface area contributed by atoms with Crippen LogP contribution in [0.3, 0.4) is 0 Å². The Morgan fingerprint density at radius 3 is 2.63 bits per heavy atom. The third kappa shape index (κ3) is 4.15. The zero-order valence-electron chi connectivity index (χ0n) is 11.3. The molecule has 1 heterocycles. The largest absolute Gasteiger partial charge is 0.465 e. The summed E-state index contributed by atoms with van der Waals surface area (Å²) in [5.41, 5.74) is 0.565. The molecule has 0 aliphatic heterocycles. The van der Waals surface area contributed by atoms with Gasteiger partial charge in [-0.1, -0.05) is 11.3 Å². The van der Waals surface area contributed by atoms with Crippen molar-refractivity contribution >= 4 is 32.5 Å². The molecule has 0 aliphatic rings. The van der Waals surface area contributed by atoms with Crippen molar-refractivity contribution in [3.63, 3.8) is 0 Å². The van der Waals surface area contributed by atoms with Crippen LogP contribution < -0.4 is 5.32 Å². The van der Waals surface area contributed by atoms with Crippen LogP contribution in [0, 0.1) is 6.92 Å². The smallest absolute Gasteiger partial charge is 0.350 e. The molecule has 0 aromatic carbocycles. The van der Waals surface area contributed by atoms with E-state index in [9.17, 15) is 13.2 Å². The Balaban J connectivity index is 2.63. The molecule has 1 rings (SSSR count). The highest BCUT2D eigenvalue weighted by molar-refractivity contribution is 7.89. The van der Waals surface area contributed by atoms with Crippen molar-refractivity contribution in [2.75, 3.05) is 38.8 Å².